The molecule has 49 heavy (non-hydrogen) atoms. The van der Waals surface area contributed by atoms with Gasteiger partial charge in [-0.3, -0.25) is 0 Å². The molecule has 0 spiro atoms. The molecule has 9 aliphatic rings. The predicted molar refractivity (Wildman–Crippen MR) is 194 cm³/mol. The van der Waals surface area contributed by atoms with Gasteiger partial charge in [0, 0.05) is 24.2 Å². The number of hydrogen-bond acceptors (Lipinski definition) is 4. The second-order valence-corrected chi connectivity index (χ2v) is 19.1. The zero-order chi connectivity index (χ0) is 33.4. The zero-order valence-electron chi connectivity index (χ0n) is 31.2. The minimum absolute atomic E-state index is 0.0165. The van der Waals surface area contributed by atoms with E-state index in [1.165, 1.54) is 109 Å². The quantitative estimate of drug-likeness (QED) is 0.256. The van der Waals surface area contributed by atoms with Crippen molar-refractivity contribution in [3.05, 3.63) is 0 Å². The molecule has 0 aromatic heterocycles. The maximum atomic E-state index is 14.3. The smallest absolute Gasteiger partial charge is 0.410 e. The summed E-state index contributed by atoms with van der Waals surface area (Å²) in [5, 5.41) is 0. The molecule has 9 fully saturated rings. The molecular weight excluding hydrogens is 608 g/mol. The number of amides is 2. The van der Waals surface area contributed by atoms with Gasteiger partial charge in [0.1, 0.15) is 11.2 Å². The normalized spacial score (nSPS) is 39.4. The van der Waals surface area contributed by atoms with Gasteiger partial charge in [-0.05, 0) is 177 Å². The van der Waals surface area contributed by atoms with Crippen molar-refractivity contribution in [2.45, 2.75) is 228 Å². The van der Waals surface area contributed by atoms with Gasteiger partial charge in [-0.2, -0.15) is 0 Å². The van der Waals surface area contributed by atoms with Crippen molar-refractivity contribution in [3.63, 3.8) is 0 Å². The van der Waals surface area contributed by atoms with E-state index in [0.717, 1.165) is 107 Å². The monoisotopic (exact) mass is 679 g/mol. The lowest BCUT2D eigenvalue weighted by molar-refractivity contribution is -0.138. The number of carbonyl (C=O) groups is 2. The van der Waals surface area contributed by atoms with Crippen molar-refractivity contribution in [2.24, 2.45) is 29.6 Å². The van der Waals surface area contributed by atoms with E-state index in [9.17, 15) is 9.59 Å². The van der Waals surface area contributed by atoms with E-state index in [1.807, 2.05) is 0 Å². The molecule has 0 N–H and O–H groups in total. The van der Waals surface area contributed by atoms with Gasteiger partial charge < -0.3 is 19.3 Å². The van der Waals surface area contributed by atoms with Gasteiger partial charge in [0.25, 0.3) is 0 Å². The second kappa shape index (κ2) is 14.9. The van der Waals surface area contributed by atoms with Crippen molar-refractivity contribution in [1.82, 2.24) is 9.80 Å². The summed E-state index contributed by atoms with van der Waals surface area (Å²) < 4.78 is 13.3. The lowest BCUT2D eigenvalue weighted by Crippen LogP contribution is -2.57. The highest BCUT2D eigenvalue weighted by Gasteiger charge is 2.54. The molecule has 2 amide bonds. The van der Waals surface area contributed by atoms with E-state index in [-0.39, 0.29) is 23.4 Å². The van der Waals surface area contributed by atoms with Crippen LogP contribution in [0.25, 0.3) is 0 Å². The Labute approximate surface area is 298 Å². The van der Waals surface area contributed by atoms with Crippen LogP contribution in [0.5, 0.6) is 0 Å². The molecule has 0 aromatic rings. The Morgan fingerprint density at radius 2 is 0.898 bits per heavy atom. The van der Waals surface area contributed by atoms with E-state index in [1.54, 1.807) is 0 Å². The van der Waals surface area contributed by atoms with E-state index in [0.29, 0.717) is 24.2 Å². The average Bonchev–Trinajstić information content (AvgIpc) is 3.58. The third kappa shape index (κ3) is 7.42. The fourth-order valence-electron chi connectivity index (χ4n) is 13.8. The van der Waals surface area contributed by atoms with Crippen LogP contribution in [0.4, 0.5) is 9.59 Å². The number of nitrogens with zero attached hydrogens (tertiary/aromatic N) is 2. The number of hydrogen-bond donors (Lipinski definition) is 0. The van der Waals surface area contributed by atoms with Crippen LogP contribution in [-0.2, 0) is 9.47 Å². The lowest BCUT2D eigenvalue weighted by Gasteiger charge is -2.56. The first-order valence-electron chi connectivity index (χ1n) is 21.9. The molecule has 4 bridgehead atoms. The highest BCUT2D eigenvalue weighted by molar-refractivity contribution is 5.70. The molecule has 6 heteroatoms. The minimum atomic E-state index is -0.215. The highest BCUT2D eigenvalue weighted by Crippen LogP contribution is 2.57. The Kier molecular flexibility index (Phi) is 10.5. The molecule has 9 saturated carbocycles. The second-order valence-electron chi connectivity index (χ2n) is 19.1. The van der Waals surface area contributed by atoms with Crippen molar-refractivity contribution in [2.75, 3.05) is 0 Å². The van der Waals surface area contributed by atoms with Crippen LogP contribution in [0.3, 0.4) is 0 Å². The van der Waals surface area contributed by atoms with Crippen LogP contribution in [0.1, 0.15) is 193 Å². The van der Waals surface area contributed by atoms with Crippen molar-refractivity contribution in [1.29, 1.82) is 0 Å². The van der Waals surface area contributed by atoms with Crippen LogP contribution in [-0.4, -0.2) is 57.4 Å². The fourth-order valence-corrected chi connectivity index (χ4v) is 13.8. The Balaban J connectivity index is 0.880. The number of ether oxygens (including phenoxy) is 2. The maximum absolute atomic E-state index is 14.3. The first-order valence-corrected chi connectivity index (χ1v) is 21.9. The molecule has 276 valence electrons. The largest absolute Gasteiger partial charge is 0.443 e. The third-order valence-corrected chi connectivity index (χ3v) is 16.0. The molecule has 6 nitrogen and oxygen atoms in total. The number of carbonyl (C=O) groups excluding carboxylic acids is 2. The zero-order valence-corrected chi connectivity index (χ0v) is 31.2. The van der Waals surface area contributed by atoms with Crippen LogP contribution in [0.2, 0.25) is 0 Å². The number of rotatable bonds is 8. The topological polar surface area (TPSA) is 59.1 Å². The predicted octanol–water partition coefficient (Wildman–Crippen LogP) is 11.3. The van der Waals surface area contributed by atoms with Gasteiger partial charge in [0.2, 0.25) is 0 Å². The van der Waals surface area contributed by atoms with Crippen molar-refractivity contribution >= 4 is 12.2 Å². The maximum Gasteiger partial charge on any atom is 0.410 e. The summed E-state index contributed by atoms with van der Waals surface area (Å²) in [5.74, 6) is 3.93. The van der Waals surface area contributed by atoms with Crippen molar-refractivity contribution < 1.29 is 19.1 Å². The Bertz CT molecular complexity index is 1090. The molecule has 0 aliphatic heterocycles. The summed E-state index contributed by atoms with van der Waals surface area (Å²) in [6, 6.07) is 1.46. The third-order valence-electron chi connectivity index (χ3n) is 16.0. The standard InChI is InChI=1S/C43H70N2O4/c1-2-42(23-9-10-24-42)48-40(46)44(36-11-5-3-6-12-36)38-19-15-34(16-20-38)35-17-21-39(22-18-35)45(37-13-7-4-8-14-37)41(47)49-43-28-31-25-32(29-43)27-33(26-31)30-43/h31-39H,2-30H2,1H3. The van der Waals surface area contributed by atoms with E-state index < -0.39 is 0 Å². The van der Waals surface area contributed by atoms with Gasteiger partial charge in [-0.15, -0.1) is 0 Å². The van der Waals surface area contributed by atoms with Crippen LogP contribution < -0.4 is 0 Å². The van der Waals surface area contributed by atoms with Crippen molar-refractivity contribution in [3.8, 4) is 0 Å². The van der Waals surface area contributed by atoms with Gasteiger partial charge in [0.05, 0.1) is 0 Å². The first-order chi connectivity index (χ1) is 23.9. The first kappa shape index (κ1) is 34.6. The summed E-state index contributed by atoms with van der Waals surface area (Å²) in [4.78, 5) is 32.9. The van der Waals surface area contributed by atoms with Crippen LogP contribution >= 0.6 is 0 Å². The van der Waals surface area contributed by atoms with E-state index in [4.69, 9.17) is 9.47 Å². The summed E-state index contributed by atoms with van der Waals surface area (Å²) in [5.41, 5.74) is -0.367. The Hall–Kier alpha value is -1.46. The molecule has 9 rings (SSSR count). The highest BCUT2D eigenvalue weighted by atomic mass is 16.6. The van der Waals surface area contributed by atoms with Gasteiger partial charge in [-0.25, -0.2) is 9.59 Å². The molecular formula is C43H70N2O4. The molecule has 0 heterocycles. The summed E-state index contributed by atoms with van der Waals surface area (Å²) >= 11 is 0. The van der Waals surface area contributed by atoms with Crippen LogP contribution in [0.15, 0.2) is 0 Å². The van der Waals surface area contributed by atoms with Gasteiger partial charge in [0.15, 0.2) is 0 Å². The Morgan fingerprint density at radius 3 is 1.31 bits per heavy atom. The minimum Gasteiger partial charge on any atom is -0.443 e. The molecule has 0 saturated heterocycles. The average molecular weight is 679 g/mol. The molecule has 9 aliphatic carbocycles. The van der Waals surface area contributed by atoms with Gasteiger partial charge in [-0.1, -0.05) is 45.4 Å². The van der Waals surface area contributed by atoms with Crippen LogP contribution in [0, 0.1) is 29.6 Å². The fraction of sp³-hybridized carbons (Fsp3) is 0.953. The molecule has 0 unspecified atom stereocenters. The molecule has 0 atom stereocenters. The Morgan fingerprint density at radius 1 is 0.510 bits per heavy atom. The SMILES string of the molecule is CCC1(OC(=O)N(C2CCCCC2)C2CCC(C3CCC(N(C(=O)OC45CC6CC(CC(C6)C4)C5)C4CCCCC4)CC3)CC2)CCCC1. The summed E-state index contributed by atoms with van der Waals surface area (Å²) in [7, 11) is 0. The van der Waals surface area contributed by atoms with E-state index >= 15 is 0 Å². The van der Waals surface area contributed by atoms with E-state index in [2.05, 4.69) is 16.7 Å². The lowest BCUT2D eigenvalue weighted by atomic mass is 9.54. The molecule has 0 radical (unpaired) electrons. The van der Waals surface area contributed by atoms with Gasteiger partial charge >= 0.3 is 12.2 Å². The summed E-state index contributed by atoms with van der Waals surface area (Å²) in [6.45, 7) is 2.21. The molecule has 0 aromatic carbocycles. The summed E-state index contributed by atoms with van der Waals surface area (Å²) in [6.07, 6.45) is 34.9.